The Labute approximate surface area is 327 Å². The van der Waals surface area contributed by atoms with Crippen molar-refractivity contribution in [3.8, 4) is 55.6 Å². The highest BCUT2D eigenvalue weighted by Crippen LogP contribution is 2.49. The minimum absolute atomic E-state index is 0.0152. The molecule has 256 valence electrons. The van der Waals surface area contributed by atoms with Crippen LogP contribution in [0.15, 0.2) is 211 Å². The molecule has 11 rings (SSSR count). The summed E-state index contributed by atoms with van der Waals surface area (Å²) in [4.78, 5) is 0. The molecule has 0 spiro atoms. The minimum atomic E-state index is -0.257. The van der Waals surface area contributed by atoms with Crippen LogP contribution in [0.5, 0.6) is 0 Å². The average molecular weight is 705 g/mol. The molecule has 0 aliphatic carbocycles. The van der Waals surface area contributed by atoms with Crippen molar-refractivity contribution in [1.29, 1.82) is 0 Å². The molecule has 0 amide bonds. The first-order chi connectivity index (χ1) is 29.8. The van der Waals surface area contributed by atoms with E-state index in [2.05, 4.69) is 54.6 Å². The molecule has 1 nitrogen and oxygen atoms in total. The molecule has 0 bridgehead atoms. The molecule has 0 atom stereocenters. The molecule has 55 heavy (non-hydrogen) atoms. The Balaban J connectivity index is 1.21. The number of para-hydroxylation sites is 1. The molecule has 1 aromatic heterocycles. The maximum absolute atomic E-state index is 9.86. The average Bonchev–Trinajstić information content (AvgIpc) is 3.68. The van der Waals surface area contributed by atoms with Crippen molar-refractivity contribution in [1.82, 2.24) is 0 Å². The lowest BCUT2D eigenvalue weighted by Crippen LogP contribution is -1.95. The summed E-state index contributed by atoms with van der Waals surface area (Å²) in [5.74, 6) is 0. The van der Waals surface area contributed by atoms with Gasteiger partial charge in [0.15, 0.2) is 0 Å². The SMILES string of the molecule is [2H]c1c(-c2c3ccccc3c(-c3c(-c4ccccc4)cccc3-c3ccccc3)c3ccccc23)c([2H])c2c([2H])c([2H])c(-c3ccc4oc5ccccc5c4c3)c([2H])c2c1[2H]. The zero-order chi connectivity index (χ0) is 41.5. The van der Waals surface area contributed by atoms with Crippen molar-refractivity contribution in [3.63, 3.8) is 0 Å². The van der Waals surface area contributed by atoms with Gasteiger partial charge in [0, 0.05) is 10.8 Å². The van der Waals surface area contributed by atoms with E-state index in [4.69, 9.17) is 4.42 Å². The van der Waals surface area contributed by atoms with Gasteiger partial charge < -0.3 is 4.42 Å². The molecule has 0 N–H and O–H groups in total. The first-order valence-electron chi connectivity index (χ1n) is 21.4. The van der Waals surface area contributed by atoms with Crippen LogP contribution in [0.1, 0.15) is 8.22 Å². The van der Waals surface area contributed by atoms with E-state index in [9.17, 15) is 8.22 Å². The van der Waals surface area contributed by atoms with Crippen LogP contribution >= 0.6 is 0 Å². The Morgan fingerprint density at radius 2 is 0.800 bits per heavy atom. The Bertz CT molecular complexity index is 3480. The van der Waals surface area contributed by atoms with Gasteiger partial charge in [-0.25, -0.2) is 0 Å². The Morgan fingerprint density at radius 3 is 1.42 bits per heavy atom. The van der Waals surface area contributed by atoms with Crippen LogP contribution in [0, 0.1) is 0 Å². The Kier molecular flexibility index (Phi) is 5.95. The van der Waals surface area contributed by atoms with Crippen LogP contribution in [-0.4, -0.2) is 0 Å². The van der Waals surface area contributed by atoms with Crippen LogP contribution in [0.25, 0.3) is 110 Å². The van der Waals surface area contributed by atoms with Gasteiger partial charge in [0.2, 0.25) is 0 Å². The van der Waals surface area contributed by atoms with Gasteiger partial charge in [-0.3, -0.25) is 0 Å². The maximum atomic E-state index is 9.86. The fourth-order valence-corrected chi connectivity index (χ4v) is 8.23. The van der Waals surface area contributed by atoms with Gasteiger partial charge >= 0.3 is 0 Å². The van der Waals surface area contributed by atoms with E-state index in [1.54, 1.807) is 12.1 Å². The molecule has 0 aliphatic rings. The lowest BCUT2D eigenvalue weighted by molar-refractivity contribution is 0.669. The molecule has 10 aromatic carbocycles. The predicted octanol–water partition coefficient (Wildman–Crippen LogP) is 15.4. The van der Waals surface area contributed by atoms with Crippen molar-refractivity contribution in [2.75, 3.05) is 0 Å². The smallest absolute Gasteiger partial charge is 0.135 e. The van der Waals surface area contributed by atoms with E-state index in [0.717, 1.165) is 71.3 Å². The normalized spacial score (nSPS) is 13.2. The van der Waals surface area contributed by atoms with Gasteiger partial charge in [0.25, 0.3) is 0 Å². The molecule has 0 unspecified atom stereocenters. The van der Waals surface area contributed by atoms with Gasteiger partial charge in [0.05, 0.1) is 8.22 Å². The fraction of sp³-hybridized carbons (Fsp3) is 0. The molecule has 1 heteroatoms. The number of furan rings is 1. The predicted molar refractivity (Wildman–Crippen MR) is 233 cm³/mol. The summed E-state index contributed by atoms with van der Waals surface area (Å²) in [6.07, 6.45) is 0. The summed E-state index contributed by atoms with van der Waals surface area (Å²) in [5, 5.41) is 5.14. The topological polar surface area (TPSA) is 13.1 Å². The third-order valence-corrected chi connectivity index (χ3v) is 10.7. The van der Waals surface area contributed by atoms with Crippen LogP contribution in [0.4, 0.5) is 0 Å². The van der Waals surface area contributed by atoms with Gasteiger partial charge in [-0.15, -0.1) is 0 Å². The number of hydrogen-bond acceptors (Lipinski definition) is 1. The van der Waals surface area contributed by atoms with Crippen molar-refractivity contribution < 1.29 is 12.6 Å². The molecule has 0 saturated heterocycles. The van der Waals surface area contributed by atoms with Gasteiger partial charge in [0.1, 0.15) is 11.2 Å². The number of rotatable bonds is 5. The zero-order valence-corrected chi connectivity index (χ0v) is 29.6. The van der Waals surface area contributed by atoms with Gasteiger partial charge in [-0.2, -0.15) is 0 Å². The second-order valence-electron chi connectivity index (χ2n) is 13.9. The molecule has 0 fully saturated rings. The van der Waals surface area contributed by atoms with E-state index >= 15 is 0 Å². The Morgan fingerprint density at radius 1 is 0.309 bits per heavy atom. The molecular weight excluding hydrogens is 665 g/mol. The van der Waals surface area contributed by atoms with E-state index in [1.807, 2.05) is 103 Å². The lowest BCUT2D eigenvalue weighted by Gasteiger charge is -2.22. The minimum Gasteiger partial charge on any atom is -0.456 e. The van der Waals surface area contributed by atoms with Crippen LogP contribution < -0.4 is 0 Å². The summed E-state index contributed by atoms with van der Waals surface area (Å²) in [7, 11) is 0. The first-order valence-corrected chi connectivity index (χ1v) is 18.4. The fourth-order valence-electron chi connectivity index (χ4n) is 8.23. The van der Waals surface area contributed by atoms with Crippen LogP contribution in [0.2, 0.25) is 0 Å². The van der Waals surface area contributed by atoms with E-state index in [1.165, 1.54) is 0 Å². The maximum Gasteiger partial charge on any atom is 0.135 e. The molecule has 11 aromatic rings. The highest BCUT2D eigenvalue weighted by molar-refractivity contribution is 6.24. The quantitative estimate of drug-likeness (QED) is 0.163. The van der Waals surface area contributed by atoms with Crippen molar-refractivity contribution in [3.05, 3.63) is 206 Å². The number of fused-ring (bicyclic) bond motifs is 6. The van der Waals surface area contributed by atoms with Crippen molar-refractivity contribution in [2.45, 2.75) is 0 Å². The largest absolute Gasteiger partial charge is 0.456 e. The third-order valence-electron chi connectivity index (χ3n) is 10.7. The standard InChI is InChI=1S/C54H34O/c1-3-14-35(15-4-1)42-23-13-24-43(36-16-5-2-6-17-36)53(42)54-47-21-9-7-19-45(47)52(46-20-8-10-22-48(46)54)41-29-28-37-32-38(26-27-39(37)33-41)40-30-31-51-49(34-40)44-18-11-12-25-50(44)55-51/h1-34H/i26D,27D,28D,29D,32D,33D. The van der Waals surface area contributed by atoms with E-state index < -0.39 is 0 Å². The second-order valence-corrected chi connectivity index (χ2v) is 13.9. The monoisotopic (exact) mass is 704 g/mol. The third kappa shape index (κ3) is 5.16. The molecule has 0 radical (unpaired) electrons. The second kappa shape index (κ2) is 12.7. The number of hydrogen-bond donors (Lipinski definition) is 0. The zero-order valence-electron chi connectivity index (χ0n) is 35.6. The number of benzene rings is 10. The lowest BCUT2D eigenvalue weighted by atomic mass is 9.81. The highest BCUT2D eigenvalue weighted by atomic mass is 16.3. The van der Waals surface area contributed by atoms with Crippen molar-refractivity contribution in [2.24, 2.45) is 0 Å². The van der Waals surface area contributed by atoms with Gasteiger partial charge in [-0.1, -0.05) is 176 Å². The molecule has 0 saturated carbocycles. The van der Waals surface area contributed by atoms with E-state index in [0.29, 0.717) is 16.7 Å². The van der Waals surface area contributed by atoms with Crippen molar-refractivity contribution >= 4 is 54.3 Å². The molecular formula is C54H34O. The summed E-state index contributed by atoms with van der Waals surface area (Å²) >= 11 is 0. The van der Waals surface area contributed by atoms with E-state index in [-0.39, 0.29) is 58.2 Å². The summed E-state index contributed by atoms with van der Waals surface area (Å²) < 4.78 is 63.4. The first kappa shape index (κ1) is 25.7. The molecule has 0 aliphatic heterocycles. The van der Waals surface area contributed by atoms with Crippen LogP contribution in [0.3, 0.4) is 0 Å². The van der Waals surface area contributed by atoms with Crippen LogP contribution in [-0.2, 0) is 0 Å². The molecule has 1 heterocycles. The Hall–Kier alpha value is -7.22. The van der Waals surface area contributed by atoms with Gasteiger partial charge in [-0.05, 0) is 118 Å². The summed E-state index contributed by atoms with van der Waals surface area (Å²) in [6.45, 7) is 0. The summed E-state index contributed by atoms with van der Waals surface area (Å²) in [5.41, 5.74) is 9.22. The summed E-state index contributed by atoms with van der Waals surface area (Å²) in [6, 6.07) is 55.1. The highest BCUT2D eigenvalue weighted by Gasteiger charge is 2.22.